The zero-order chi connectivity index (χ0) is 24.5. The fraction of sp³-hybridized carbons (Fsp3) is 0.207. The van der Waals surface area contributed by atoms with Gasteiger partial charge in [0.25, 0.3) is 0 Å². The van der Waals surface area contributed by atoms with E-state index in [2.05, 4.69) is 82.6 Å². The minimum Gasteiger partial charge on any atom is -0.368 e. The molecule has 5 aromatic rings. The van der Waals surface area contributed by atoms with Gasteiger partial charge in [-0.15, -0.1) is 0 Å². The van der Waals surface area contributed by atoms with Crippen molar-refractivity contribution in [3.05, 3.63) is 96.2 Å². The summed E-state index contributed by atoms with van der Waals surface area (Å²) >= 11 is 0. The van der Waals surface area contributed by atoms with E-state index in [4.69, 9.17) is 9.97 Å². The molecule has 0 unspecified atom stereocenters. The maximum absolute atomic E-state index is 5.03. The molecule has 0 spiro atoms. The lowest BCUT2D eigenvalue weighted by molar-refractivity contribution is 0.641. The van der Waals surface area contributed by atoms with E-state index >= 15 is 0 Å². The Balaban J connectivity index is 1.38. The number of benzene rings is 3. The molecule has 1 aliphatic rings. The highest BCUT2D eigenvalue weighted by molar-refractivity contribution is 5.90. The third-order valence-electron chi connectivity index (χ3n) is 6.59. The van der Waals surface area contributed by atoms with Crippen molar-refractivity contribution in [1.82, 2.24) is 19.7 Å². The Kier molecular flexibility index (Phi) is 5.73. The molecule has 0 bridgehead atoms. The highest BCUT2D eigenvalue weighted by Gasteiger charge is 2.22. The summed E-state index contributed by atoms with van der Waals surface area (Å²) in [6.07, 6.45) is 1.85. The molecule has 0 atom stereocenters. The predicted octanol–water partition coefficient (Wildman–Crippen LogP) is 5.50. The molecule has 0 saturated carbocycles. The lowest BCUT2D eigenvalue weighted by atomic mass is 10.1. The van der Waals surface area contributed by atoms with Crippen LogP contribution >= 0.6 is 0 Å². The van der Waals surface area contributed by atoms with Gasteiger partial charge >= 0.3 is 0 Å². The Morgan fingerprint density at radius 1 is 0.694 bits per heavy atom. The maximum Gasteiger partial charge on any atom is 0.229 e. The van der Waals surface area contributed by atoms with Crippen LogP contribution in [0.3, 0.4) is 0 Å². The van der Waals surface area contributed by atoms with Crippen LogP contribution in [0, 0.1) is 13.8 Å². The lowest BCUT2D eigenvalue weighted by Crippen LogP contribution is -2.47. The molecule has 3 heterocycles. The van der Waals surface area contributed by atoms with E-state index in [0.29, 0.717) is 0 Å². The van der Waals surface area contributed by atoms with Gasteiger partial charge in [0, 0.05) is 37.6 Å². The number of para-hydroxylation sites is 2. The standard InChI is InChI=1S/C29H29N7/c1-21-17-22(2)19-23(18-21)31-27-26-20-30-36(25-11-7-4-8-12-25)28(26)33-29(32-27)35-15-13-34(14-16-35)24-9-5-3-6-10-24/h3-12,17-20H,13-16H2,1-2H3,(H,31,32,33). The van der Waals surface area contributed by atoms with Crippen LogP contribution < -0.4 is 15.1 Å². The van der Waals surface area contributed by atoms with Crippen molar-refractivity contribution >= 4 is 34.2 Å². The zero-order valence-electron chi connectivity index (χ0n) is 20.6. The van der Waals surface area contributed by atoms with Crippen LogP contribution in [0.1, 0.15) is 11.1 Å². The summed E-state index contributed by atoms with van der Waals surface area (Å²) in [4.78, 5) is 14.7. The summed E-state index contributed by atoms with van der Waals surface area (Å²) in [6.45, 7) is 7.76. The number of nitrogens with zero attached hydrogens (tertiary/aromatic N) is 6. The van der Waals surface area contributed by atoms with Gasteiger partial charge in [0.2, 0.25) is 5.95 Å². The van der Waals surface area contributed by atoms with Crippen LogP contribution in [0.15, 0.2) is 85.1 Å². The third-order valence-corrected chi connectivity index (χ3v) is 6.59. The number of rotatable bonds is 5. The van der Waals surface area contributed by atoms with Crippen molar-refractivity contribution < 1.29 is 0 Å². The van der Waals surface area contributed by atoms with Gasteiger partial charge in [0.15, 0.2) is 5.65 Å². The Labute approximate surface area is 211 Å². The van der Waals surface area contributed by atoms with Crippen molar-refractivity contribution in [2.45, 2.75) is 13.8 Å². The number of nitrogens with one attached hydrogen (secondary N) is 1. The van der Waals surface area contributed by atoms with Crippen LogP contribution in [-0.2, 0) is 0 Å². The zero-order valence-corrected chi connectivity index (χ0v) is 20.6. The Bertz CT molecular complexity index is 1470. The van der Waals surface area contributed by atoms with E-state index in [-0.39, 0.29) is 0 Å². The van der Waals surface area contributed by atoms with Crippen LogP contribution in [-0.4, -0.2) is 45.9 Å². The molecule has 1 N–H and O–H groups in total. The SMILES string of the molecule is Cc1cc(C)cc(Nc2nc(N3CCN(c4ccccc4)CC3)nc3c2cnn3-c2ccccc2)c1. The molecule has 0 aliphatic carbocycles. The third kappa shape index (κ3) is 4.35. The summed E-state index contributed by atoms with van der Waals surface area (Å²) < 4.78 is 1.90. The molecule has 7 nitrogen and oxygen atoms in total. The van der Waals surface area contributed by atoms with Gasteiger partial charge in [-0.3, -0.25) is 0 Å². The first-order chi connectivity index (χ1) is 17.6. The second-order valence-electron chi connectivity index (χ2n) is 9.31. The monoisotopic (exact) mass is 475 g/mol. The van der Waals surface area contributed by atoms with Crippen molar-refractivity contribution in [3.8, 4) is 5.69 Å². The molecule has 0 amide bonds. The van der Waals surface area contributed by atoms with Crippen molar-refractivity contribution in [2.24, 2.45) is 0 Å². The normalized spacial score (nSPS) is 13.8. The first-order valence-electron chi connectivity index (χ1n) is 12.4. The largest absolute Gasteiger partial charge is 0.368 e. The Morgan fingerprint density at radius 2 is 1.31 bits per heavy atom. The van der Waals surface area contributed by atoms with E-state index in [9.17, 15) is 0 Å². The van der Waals surface area contributed by atoms with Crippen molar-refractivity contribution in [3.63, 3.8) is 0 Å². The quantitative estimate of drug-likeness (QED) is 0.362. The fourth-order valence-electron chi connectivity index (χ4n) is 4.88. The van der Waals surface area contributed by atoms with Crippen LogP contribution in [0.25, 0.3) is 16.7 Å². The molecule has 180 valence electrons. The minimum absolute atomic E-state index is 0.722. The van der Waals surface area contributed by atoms with Crippen LogP contribution in [0.2, 0.25) is 0 Å². The maximum atomic E-state index is 5.03. The van der Waals surface area contributed by atoms with Gasteiger partial charge in [-0.1, -0.05) is 42.5 Å². The molecule has 6 rings (SSSR count). The summed E-state index contributed by atoms with van der Waals surface area (Å²) in [6, 6.07) is 27.2. The first kappa shape index (κ1) is 22.1. The highest BCUT2D eigenvalue weighted by atomic mass is 15.4. The van der Waals surface area contributed by atoms with Gasteiger partial charge in [-0.25, -0.2) is 4.68 Å². The van der Waals surface area contributed by atoms with E-state index in [1.807, 2.05) is 41.2 Å². The van der Waals surface area contributed by atoms with Crippen LogP contribution in [0.4, 0.5) is 23.1 Å². The lowest BCUT2D eigenvalue weighted by Gasteiger charge is -2.36. The van der Waals surface area contributed by atoms with Crippen molar-refractivity contribution in [1.29, 1.82) is 0 Å². The molecule has 7 heteroatoms. The molecule has 2 aromatic heterocycles. The van der Waals surface area contributed by atoms with Gasteiger partial charge in [-0.05, 0) is 61.4 Å². The Morgan fingerprint density at radius 3 is 1.97 bits per heavy atom. The summed E-state index contributed by atoms with van der Waals surface area (Å²) in [7, 11) is 0. The molecule has 3 aromatic carbocycles. The number of hydrogen-bond donors (Lipinski definition) is 1. The molecular formula is C29H29N7. The summed E-state index contributed by atoms with van der Waals surface area (Å²) in [5.74, 6) is 1.49. The van der Waals surface area contributed by atoms with Crippen molar-refractivity contribution in [2.75, 3.05) is 41.3 Å². The number of aromatic nitrogens is 4. The summed E-state index contributed by atoms with van der Waals surface area (Å²) in [5, 5.41) is 9.15. The van der Waals surface area contributed by atoms with E-state index < -0.39 is 0 Å². The number of anilines is 4. The number of aryl methyl sites for hydroxylation is 2. The smallest absolute Gasteiger partial charge is 0.229 e. The van der Waals surface area contributed by atoms with E-state index in [1.165, 1.54) is 16.8 Å². The molecule has 1 saturated heterocycles. The first-order valence-corrected chi connectivity index (χ1v) is 12.4. The van der Waals surface area contributed by atoms with Gasteiger partial charge < -0.3 is 15.1 Å². The van der Waals surface area contributed by atoms with Gasteiger partial charge in [-0.2, -0.15) is 15.1 Å². The number of piperazine rings is 1. The average molecular weight is 476 g/mol. The van der Waals surface area contributed by atoms with Crippen LogP contribution in [0.5, 0.6) is 0 Å². The second kappa shape index (κ2) is 9.34. The Hall–Kier alpha value is -4.39. The number of fused-ring (bicyclic) bond motifs is 1. The molecular weight excluding hydrogens is 446 g/mol. The predicted molar refractivity (Wildman–Crippen MR) is 147 cm³/mol. The molecule has 1 fully saturated rings. The molecule has 0 radical (unpaired) electrons. The van der Waals surface area contributed by atoms with Gasteiger partial charge in [0.1, 0.15) is 5.82 Å². The highest BCUT2D eigenvalue weighted by Crippen LogP contribution is 2.29. The number of hydrogen-bond acceptors (Lipinski definition) is 6. The minimum atomic E-state index is 0.722. The average Bonchev–Trinajstić information content (AvgIpc) is 3.34. The fourth-order valence-corrected chi connectivity index (χ4v) is 4.88. The molecule has 1 aliphatic heterocycles. The van der Waals surface area contributed by atoms with E-state index in [0.717, 1.165) is 60.4 Å². The van der Waals surface area contributed by atoms with Gasteiger partial charge in [0.05, 0.1) is 17.3 Å². The van der Waals surface area contributed by atoms with E-state index in [1.54, 1.807) is 0 Å². The summed E-state index contributed by atoms with van der Waals surface area (Å²) in [5.41, 5.74) is 6.46. The second-order valence-corrected chi connectivity index (χ2v) is 9.31. The molecule has 36 heavy (non-hydrogen) atoms. The topological polar surface area (TPSA) is 62.1 Å².